The van der Waals surface area contributed by atoms with Crippen LogP contribution in [0.4, 0.5) is 17.3 Å². The van der Waals surface area contributed by atoms with Gasteiger partial charge in [0.25, 0.3) is 11.6 Å². The second kappa shape index (κ2) is 16.8. The number of hydrogen-bond donors (Lipinski definition) is 4. The number of allylic oxidation sites excluding steroid dienone is 1. The van der Waals surface area contributed by atoms with Crippen molar-refractivity contribution >= 4 is 46.1 Å². The van der Waals surface area contributed by atoms with Crippen LogP contribution in [-0.2, 0) is 17.7 Å². The fourth-order valence-electron chi connectivity index (χ4n) is 5.75. The normalized spacial score (nSPS) is 13.4. The molecule has 1 fully saturated rings. The van der Waals surface area contributed by atoms with Crippen molar-refractivity contribution in [2.45, 2.75) is 33.2 Å². The molecule has 18 heteroatoms. The van der Waals surface area contributed by atoms with Crippen LogP contribution in [0.15, 0.2) is 40.8 Å². The number of hydrogen-bond acceptors (Lipinski definition) is 13. The van der Waals surface area contributed by atoms with Gasteiger partial charge in [0.2, 0.25) is 23.5 Å². The summed E-state index contributed by atoms with van der Waals surface area (Å²) in [6.45, 7) is 7.90. The molecule has 18 nitrogen and oxygen atoms in total. The zero-order valence-electron chi connectivity index (χ0n) is 29.1. The Labute approximate surface area is 298 Å². The molecule has 1 aliphatic rings. The first-order chi connectivity index (χ1) is 25.0. The first-order valence-electron chi connectivity index (χ1n) is 16.6. The van der Waals surface area contributed by atoms with Crippen molar-refractivity contribution in [1.29, 1.82) is 0 Å². The van der Waals surface area contributed by atoms with Crippen molar-refractivity contribution in [3.8, 4) is 11.5 Å². The van der Waals surface area contributed by atoms with Gasteiger partial charge in [0.15, 0.2) is 11.6 Å². The summed E-state index contributed by atoms with van der Waals surface area (Å²) in [5.41, 5.74) is 12.1. The average Bonchev–Trinajstić information content (AvgIpc) is 3.69. The fourth-order valence-corrected chi connectivity index (χ4v) is 5.75. The minimum atomic E-state index is -0.837. The zero-order chi connectivity index (χ0) is 37.4. The monoisotopic (exact) mass is 719 g/mol. The van der Waals surface area contributed by atoms with Gasteiger partial charge in [-0.25, -0.2) is 9.97 Å². The molecule has 52 heavy (non-hydrogen) atoms. The number of fused-ring (bicyclic) bond motifs is 1. The summed E-state index contributed by atoms with van der Waals surface area (Å²) >= 11 is 0. The number of anilines is 2. The highest BCUT2D eigenvalue weighted by Gasteiger charge is 2.24. The third kappa shape index (κ3) is 8.64. The summed E-state index contributed by atoms with van der Waals surface area (Å²) in [7, 11) is 1.32. The average molecular weight is 720 g/mol. The van der Waals surface area contributed by atoms with Gasteiger partial charge in [-0.2, -0.15) is 0 Å². The van der Waals surface area contributed by atoms with Gasteiger partial charge in [0.1, 0.15) is 17.0 Å². The summed E-state index contributed by atoms with van der Waals surface area (Å²) in [4.78, 5) is 59.9. The zero-order valence-corrected chi connectivity index (χ0v) is 29.1. The number of oxazole rings is 1. The first kappa shape index (κ1) is 37.3. The van der Waals surface area contributed by atoms with Crippen LogP contribution < -0.4 is 31.6 Å². The maximum absolute atomic E-state index is 13.5. The van der Waals surface area contributed by atoms with E-state index in [9.17, 15) is 24.5 Å². The second-order valence-corrected chi connectivity index (χ2v) is 11.8. The van der Waals surface area contributed by atoms with Gasteiger partial charge in [-0.3, -0.25) is 34.7 Å². The van der Waals surface area contributed by atoms with Crippen LogP contribution in [0.3, 0.4) is 0 Å². The number of ether oxygens (including phenoxy) is 3. The molecule has 0 radical (unpaired) electrons. The van der Waals surface area contributed by atoms with E-state index in [1.807, 2.05) is 6.92 Å². The number of nitro benzene ring substituents is 1. The Balaban J connectivity index is 1.45. The van der Waals surface area contributed by atoms with E-state index in [1.54, 1.807) is 29.7 Å². The number of methoxy groups -OCH3 is 1. The number of primary amides is 2. The van der Waals surface area contributed by atoms with E-state index in [0.29, 0.717) is 61.0 Å². The third-order valence-electron chi connectivity index (χ3n) is 8.28. The predicted octanol–water partition coefficient (Wildman–Crippen LogP) is 3.03. The molecule has 6 N–H and O–H groups in total. The molecule has 0 atom stereocenters. The van der Waals surface area contributed by atoms with E-state index in [-0.39, 0.29) is 53.0 Å². The molecule has 0 aliphatic carbocycles. The molecule has 3 heterocycles. The molecule has 1 saturated heterocycles. The number of nitrogens with two attached hydrogens (primary N) is 2. The highest BCUT2D eigenvalue weighted by Crippen LogP contribution is 2.36. The lowest BCUT2D eigenvalue weighted by atomic mass is 10.1. The maximum atomic E-state index is 13.5. The molecule has 1 aliphatic heterocycles. The highest BCUT2D eigenvalue weighted by atomic mass is 16.6. The van der Waals surface area contributed by atoms with Gasteiger partial charge < -0.3 is 40.0 Å². The number of benzene rings is 2. The Morgan fingerprint density at radius 3 is 2.44 bits per heavy atom. The summed E-state index contributed by atoms with van der Waals surface area (Å²) in [6, 6.07) is 5.46. The molecule has 4 aromatic rings. The number of morpholine rings is 1. The lowest BCUT2D eigenvalue weighted by Crippen LogP contribution is -2.37. The third-order valence-corrected chi connectivity index (χ3v) is 8.28. The van der Waals surface area contributed by atoms with E-state index < -0.39 is 22.6 Å². The second-order valence-electron chi connectivity index (χ2n) is 11.8. The molecule has 0 unspecified atom stereocenters. The predicted molar refractivity (Wildman–Crippen MR) is 190 cm³/mol. The van der Waals surface area contributed by atoms with Gasteiger partial charge in [-0.05, 0) is 31.0 Å². The summed E-state index contributed by atoms with van der Waals surface area (Å²) in [5.74, 6) is -1.15. The SMILES string of the molecule is CCc1nc(C)oc1C(=O)Nc1nc2cc(C(N)=O)cc(OCCCN3CCOCC3)c2n1C/C=C/CNc1c(OC)cc(C(N)=O)cc1[N+](=O)[O-]. The minimum Gasteiger partial charge on any atom is -0.494 e. The molecule has 2 aromatic carbocycles. The summed E-state index contributed by atoms with van der Waals surface area (Å²) in [6.07, 6.45) is 4.62. The Hall–Kier alpha value is -6.01. The van der Waals surface area contributed by atoms with E-state index in [0.717, 1.165) is 25.7 Å². The number of rotatable bonds is 17. The number of nitrogens with zero attached hydrogens (tertiary/aromatic N) is 5. The topological polar surface area (TPSA) is 245 Å². The minimum absolute atomic E-state index is 0.0497. The maximum Gasteiger partial charge on any atom is 0.296 e. The number of amides is 3. The Kier molecular flexibility index (Phi) is 12.0. The van der Waals surface area contributed by atoms with Crippen LogP contribution in [0, 0.1) is 17.0 Å². The van der Waals surface area contributed by atoms with Gasteiger partial charge in [-0.15, -0.1) is 0 Å². The van der Waals surface area contributed by atoms with E-state index >= 15 is 0 Å². The first-order valence-corrected chi connectivity index (χ1v) is 16.6. The van der Waals surface area contributed by atoms with Crippen LogP contribution in [0.1, 0.15) is 56.2 Å². The number of nitro groups is 1. The van der Waals surface area contributed by atoms with Crippen molar-refractivity contribution in [3.05, 3.63) is 75.0 Å². The van der Waals surface area contributed by atoms with Gasteiger partial charge >= 0.3 is 0 Å². The molecule has 5 rings (SSSR count). The van der Waals surface area contributed by atoms with Crippen LogP contribution in [0.25, 0.3) is 11.0 Å². The van der Waals surface area contributed by atoms with Gasteiger partial charge in [0.05, 0.1) is 43.1 Å². The Morgan fingerprint density at radius 1 is 1.06 bits per heavy atom. The summed E-state index contributed by atoms with van der Waals surface area (Å²) in [5, 5.41) is 17.6. The Bertz CT molecular complexity index is 2000. The number of carbonyl (C=O) groups is 3. The smallest absolute Gasteiger partial charge is 0.296 e. The van der Waals surface area contributed by atoms with Gasteiger partial charge in [0, 0.05) is 56.8 Å². The van der Waals surface area contributed by atoms with Gasteiger partial charge in [-0.1, -0.05) is 19.1 Å². The number of aromatic nitrogens is 3. The van der Waals surface area contributed by atoms with E-state index in [1.165, 1.54) is 19.2 Å². The lowest BCUT2D eigenvalue weighted by Gasteiger charge is -2.26. The Morgan fingerprint density at radius 2 is 1.77 bits per heavy atom. The van der Waals surface area contributed by atoms with Crippen LogP contribution in [0.5, 0.6) is 11.5 Å². The largest absolute Gasteiger partial charge is 0.494 e. The summed E-state index contributed by atoms with van der Waals surface area (Å²) < 4.78 is 24.3. The quantitative estimate of drug-likeness (QED) is 0.0531. The number of imidazole rings is 1. The van der Waals surface area contributed by atoms with Crippen LogP contribution in [0.2, 0.25) is 0 Å². The molecule has 0 saturated carbocycles. The van der Waals surface area contributed by atoms with Crippen molar-refractivity contribution in [2.75, 3.05) is 63.7 Å². The van der Waals surface area contributed by atoms with E-state index in [4.69, 9.17) is 30.1 Å². The molecule has 2 aromatic heterocycles. The number of aryl methyl sites for hydroxylation is 2. The molecular weight excluding hydrogens is 678 g/mol. The molecule has 276 valence electrons. The van der Waals surface area contributed by atoms with E-state index in [2.05, 4.69) is 25.5 Å². The van der Waals surface area contributed by atoms with Crippen LogP contribution in [-0.4, -0.2) is 95.2 Å². The van der Waals surface area contributed by atoms with Crippen molar-refractivity contribution < 1.29 is 37.9 Å². The molecule has 0 spiro atoms. The van der Waals surface area contributed by atoms with Crippen LogP contribution >= 0.6 is 0 Å². The number of carbonyl (C=O) groups excluding carboxylic acids is 3. The van der Waals surface area contributed by atoms with Crippen molar-refractivity contribution in [2.24, 2.45) is 11.5 Å². The molecular formula is C34H41N9O9. The lowest BCUT2D eigenvalue weighted by molar-refractivity contribution is -0.384. The fraction of sp³-hybridized carbons (Fsp3) is 0.382. The molecule has 0 bridgehead atoms. The standard InChI is InChI=1S/C34H41N9O9/c1-4-23-30(52-20(2)38-23)33(46)40-34-39-24-16-21(31(35)44)19-27(51-13-7-9-41-11-14-50-15-12-41)29(24)42(34)10-6-5-8-37-28-25(43(47)48)17-22(32(36)45)18-26(28)49-3/h5-6,16-19,37H,4,7-15H2,1-3H3,(H2,35,44)(H2,36,45)(H,39,40,46)/b6-5+. The van der Waals surface area contributed by atoms with Crippen molar-refractivity contribution in [3.63, 3.8) is 0 Å². The highest BCUT2D eigenvalue weighted by molar-refractivity contribution is 6.04. The number of nitrogens with one attached hydrogen (secondary N) is 2. The molecule has 3 amide bonds. The van der Waals surface area contributed by atoms with Crippen molar-refractivity contribution in [1.82, 2.24) is 19.4 Å².